The third-order valence-corrected chi connectivity index (χ3v) is 5.47. The molecule has 4 N–H and O–H groups in total. The minimum atomic E-state index is 0.687. The quantitative estimate of drug-likeness (QED) is 0.307. The van der Waals surface area contributed by atoms with Gasteiger partial charge in [0.2, 0.25) is 0 Å². The highest BCUT2D eigenvalue weighted by Gasteiger charge is 2.15. The van der Waals surface area contributed by atoms with Gasteiger partial charge in [0, 0.05) is 67.6 Å². The molecular formula is C26H28N6. The van der Waals surface area contributed by atoms with Crippen molar-refractivity contribution in [3.8, 4) is 33.9 Å². The third-order valence-electron chi connectivity index (χ3n) is 5.47. The van der Waals surface area contributed by atoms with E-state index in [2.05, 4.69) is 51.6 Å². The molecule has 0 saturated heterocycles. The molecule has 0 radical (unpaired) electrons. The van der Waals surface area contributed by atoms with Gasteiger partial charge in [-0.2, -0.15) is 0 Å². The zero-order valence-corrected chi connectivity index (χ0v) is 18.8. The SMILES string of the molecule is CNc1ccc(NC)c(-c2cc(-c3cc(NC)ccc3NC)nc(-c3ccccc3)n2)c1. The van der Waals surface area contributed by atoms with Gasteiger partial charge in [0.05, 0.1) is 11.4 Å². The van der Waals surface area contributed by atoms with Gasteiger partial charge in [0.15, 0.2) is 5.82 Å². The molecular weight excluding hydrogens is 396 g/mol. The molecule has 0 aliphatic heterocycles. The molecule has 0 aliphatic carbocycles. The molecule has 0 bridgehead atoms. The van der Waals surface area contributed by atoms with Crippen LogP contribution in [-0.4, -0.2) is 38.2 Å². The minimum absolute atomic E-state index is 0.687. The van der Waals surface area contributed by atoms with E-state index in [0.717, 1.165) is 50.8 Å². The van der Waals surface area contributed by atoms with Crippen LogP contribution in [0.3, 0.4) is 0 Å². The van der Waals surface area contributed by atoms with Crippen LogP contribution in [-0.2, 0) is 0 Å². The zero-order chi connectivity index (χ0) is 22.5. The highest BCUT2D eigenvalue weighted by molar-refractivity contribution is 5.85. The van der Waals surface area contributed by atoms with Crippen LogP contribution >= 0.6 is 0 Å². The van der Waals surface area contributed by atoms with Crippen molar-refractivity contribution in [1.82, 2.24) is 9.97 Å². The molecule has 1 aromatic heterocycles. The van der Waals surface area contributed by atoms with E-state index in [1.54, 1.807) is 0 Å². The van der Waals surface area contributed by atoms with Gasteiger partial charge < -0.3 is 21.3 Å². The van der Waals surface area contributed by atoms with E-state index in [9.17, 15) is 0 Å². The molecule has 0 aliphatic rings. The summed E-state index contributed by atoms with van der Waals surface area (Å²) in [5.41, 5.74) is 8.76. The predicted octanol–water partition coefficient (Wildman–Crippen LogP) is 5.64. The molecule has 3 aromatic carbocycles. The normalized spacial score (nSPS) is 10.5. The number of nitrogens with zero attached hydrogens (tertiary/aromatic N) is 2. The van der Waals surface area contributed by atoms with E-state index in [0.29, 0.717) is 5.82 Å². The number of nitrogens with one attached hydrogen (secondary N) is 4. The van der Waals surface area contributed by atoms with E-state index in [4.69, 9.17) is 9.97 Å². The Morgan fingerprint density at radius 3 is 1.47 bits per heavy atom. The molecule has 4 rings (SSSR count). The lowest BCUT2D eigenvalue weighted by Gasteiger charge is -2.16. The maximum atomic E-state index is 4.97. The van der Waals surface area contributed by atoms with E-state index < -0.39 is 0 Å². The lowest BCUT2D eigenvalue weighted by Crippen LogP contribution is -2.01. The number of hydrogen-bond donors (Lipinski definition) is 4. The first kappa shape index (κ1) is 21.2. The van der Waals surface area contributed by atoms with Crippen LogP contribution in [0.1, 0.15) is 0 Å². The summed E-state index contributed by atoms with van der Waals surface area (Å²) in [7, 11) is 7.68. The predicted molar refractivity (Wildman–Crippen MR) is 137 cm³/mol. The second-order valence-corrected chi connectivity index (χ2v) is 7.35. The molecule has 6 nitrogen and oxygen atoms in total. The molecule has 0 spiro atoms. The van der Waals surface area contributed by atoms with Crippen LogP contribution in [0.5, 0.6) is 0 Å². The van der Waals surface area contributed by atoms with E-state index >= 15 is 0 Å². The van der Waals surface area contributed by atoms with Gasteiger partial charge in [-0.1, -0.05) is 30.3 Å². The summed E-state index contributed by atoms with van der Waals surface area (Å²) >= 11 is 0. The van der Waals surface area contributed by atoms with Gasteiger partial charge >= 0.3 is 0 Å². The molecule has 0 fully saturated rings. The Morgan fingerprint density at radius 1 is 0.531 bits per heavy atom. The summed E-state index contributed by atoms with van der Waals surface area (Å²) in [6.07, 6.45) is 0. The highest BCUT2D eigenvalue weighted by atomic mass is 14.9. The molecule has 0 amide bonds. The van der Waals surface area contributed by atoms with Crippen LogP contribution in [0.25, 0.3) is 33.9 Å². The van der Waals surface area contributed by atoms with Gasteiger partial charge in [-0.05, 0) is 42.5 Å². The first-order valence-electron chi connectivity index (χ1n) is 10.6. The van der Waals surface area contributed by atoms with Gasteiger partial charge in [0.25, 0.3) is 0 Å². The Balaban J connectivity index is 1.99. The number of anilines is 4. The van der Waals surface area contributed by atoms with Gasteiger partial charge in [-0.25, -0.2) is 9.97 Å². The number of benzene rings is 3. The van der Waals surface area contributed by atoms with Crippen molar-refractivity contribution in [2.24, 2.45) is 0 Å². The fraction of sp³-hybridized carbons (Fsp3) is 0.154. The molecule has 6 heteroatoms. The summed E-state index contributed by atoms with van der Waals surface area (Å²) in [4.78, 5) is 9.93. The van der Waals surface area contributed by atoms with Crippen molar-refractivity contribution in [2.45, 2.75) is 0 Å². The topological polar surface area (TPSA) is 73.9 Å². The van der Waals surface area contributed by atoms with Gasteiger partial charge in [0.1, 0.15) is 0 Å². The number of rotatable bonds is 7. The fourth-order valence-electron chi connectivity index (χ4n) is 3.70. The Labute approximate surface area is 189 Å². The summed E-state index contributed by atoms with van der Waals surface area (Å²) in [5.74, 6) is 0.687. The maximum Gasteiger partial charge on any atom is 0.160 e. The average Bonchev–Trinajstić information content (AvgIpc) is 2.88. The zero-order valence-electron chi connectivity index (χ0n) is 18.8. The Kier molecular flexibility index (Phi) is 6.22. The van der Waals surface area contributed by atoms with Crippen LogP contribution < -0.4 is 21.3 Å². The molecule has 0 saturated carbocycles. The third kappa shape index (κ3) is 4.21. The standard InChI is InChI=1S/C26H28N6/c1-27-18-10-12-22(29-3)20(14-18)24-16-25(21-15-19(28-2)11-13-23(21)30-4)32-26(31-24)17-8-6-5-7-9-17/h5-16,27-30H,1-4H3. The lowest BCUT2D eigenvalue weighted by atomic mass is 10.0. The maximum absolute atomic E-state index is 4.97. The second kappa shape index (κ2) is 9.39. The van der Waals surface area contributed by atoms with E-state index in [1.807, 2.05) is 70.7 Å². The number of hydrogen-bond acceptors (Lipinski definition) is 6. The summed E-state index contributed by atoms with van der Waals surface area (Å²) in [6.45, 7) is 0. The minimum Gasteiger partial charge on any atom is -0.388 e. The van der Waals surface area contributed by atoms with Crippen molar-refractivity contribution in [3.63, 3.8) is 0 Å². The molecule has 4 aromatic rings. The summed E-state index contributed by atoms with van der Waals surface area (Å²) < 4.78 is 0. The van der Waals surface area contributed by atoms with E-state index in [-0.39, 0.29) is 0 Å². The Hall–Kier alpha value is -4.06. The average molecular weight is 425 g/mol. The van der Waals surface area contributed by atoms with Crippen LogP contribution in [0.15, 0.2) is 72.8 Å². The lowest BCUT2D eigenvalue weighted by molar-refractivity contribution is 1.18. The smallest absolute Gasteiger partial charge is 0.160 e. The van der Waals surface area contributed by atoms with Crippen molar-refractivity contribution < 1.29 is 0 Å². The van der Waals surface area contributed by atoms with Gasteiger partial charge in [-0.15, -0.1) is 0 Å². The molecule has 0 atom stereocenters. The van der Waals surface area contributed by atoms with Crippen LogP contribution in [0.4, 0.5) is 22.7 Å². The van der Waals surface area contributed by atoms with Crippen molar-refractivity contribution in [1.29, 1.82) is 0 Å². The van der Waals surface area contributed by atoms with Crippen molar-refractivity contribution >= 4 is 22.7 Å². The fourth-order valence-corrected chi connectivity index (χ4v) is 3.70. The van der Waals surface area contributed by atoms with Gasteiger partial charge in [-0.3, -0.25) is 0 Å². The first-order valence-corrected chi connectivity index (χ1v) is 10.6. The number of aromatic nitrogens is 2. The monoisotopic (exact) mass is 424 g/mol. The molecule has 1 heterocycles. The second-order valence-electron chi connectivity index (χ2n) is 7.35. The molecule has 0 unspecified atom stereocenters. The van der Waals surface area contributed by atoms with Crippen molar-refractivity contribution in [3.05, 3.63) is 72.8 Å². The summed E-state index contributed by atoms with van der Waals surface area (Å²) in [5, 5.41) is 13.0. The molecule has 162 valence electrons. The van der Waals surface area contributed by atoms with Crippen molar-refractivity contribution in [2.75, 3.05) is 49.5 Å². The Morgan fingerprint density at radius 2 is 1.03 bits per heavy atom. The molecule has 32 heavy (non-hydrogen) atoms. The largest absolute Gasteiger partial charge is 0.388 e. The summed E-state index contributed by atoms with van der Waals surface area (Å²) in [6, 6.07) is 24.6. The first-order chi connectivity index (χ1) is 15.7. The van der Waals surface area contributed by atoms with Crippen LogP contribution in [0, 0.1) is 0 Å². The highest BCUT2D eigenvalue weighted by Crippen LogP contribution is 2.36. The van der Waals surface area contributed by atoms with E-state index in [1.165, 1.54) is 0 Å². The Bertz CT molecular complexity index is 1150. The van der Waals surface area contributed by atoms with Crippen LogP contribution in [0.2, 0.25) is 0 Å².